The van der Waals surface area contributed by atoms with Crippen molar-refractivity contribution >= 4 is 11.6 Å². The number of ether oxygens (including phenoxy) is 1. The molecule has 0 bridgehead atoms. The maximum absolute atomic E-state index is 13.4. The molecule has 2 aromatic rings. The second kappa shape index (κ2) is 10.5. The van der Waals surface area contributed by atoms with E-state index in [0.29, 0.717) is 6.61 Å². The Hall–Kier alpha value is -2.40. The summed E-state index contributed by atoms with van der Waals surface area (Å²) in [5.74, 6) is 1.40. The van der Waals surface area contributed by atoms with Crippen molar-refractivity contribution in [3.8, 4) is 5.75 Å². The van der Waals surface area contributed by atoms with Crippen LogP contribution in [0, 0.1) is 11.7 Å². The van der Waals surface area contributed by atoms with Crippen molar-refractivity contribution in [2.75, 3.05) is 31.6 Å². The monoisotopic (exact) mass is 438 g/mol. The third kappa shape index (κ3) is 5.50. The van der Waals surface area contributed by atoms with Gasteiger partial charge in [-0.1, -0.05) is 31.9 Å². The van der Waals surface area contributed by atoms with E-state index in [1.165, 1.54) is 38.1 Å². The standard InChI is InChI=1S/C27H35FN2O2/c1-21-13-18-30(19-14-21)17-4-20-32-25-11-9-24(10-12-25)29-26(31)27(15-2-3-16-27)22-5-7-23(28)8-6-22/h5-12,21H,2-4,13-20H2,1H3,(H,29,31). The van der Waals surface area contributed by atoms with Crippen LogP contribution in [-0.4, -0.2) is 37.0 Å². The summed E-state index contributed by atoms with van der Waals surface area (Å²) < 4.78 is 19.3. The molecule has 2 aliphatic rings. The largest absolute Gasteiger partial charge is 0.494 e. The minimum atomic E-state index is -0.574. The lowest BCUT2D eigenvalue weighted by Gasteiger charge is -2.30. The molecule has 0 atom stereocenters. The summed E-state index contributed by atoms with van der Waals surface area (Å²) in [7, 11) is 0. The number of carbonyl (C=O) groups excluding carboxylic acids is 1. The highest BCUT2D eigenvalue weighted by molar-refractivity contribution is 5.99. The molecule has 5 heteroatoms. The quantitative estimate of drug-likeness (QED) is 0.532. The Morgan fingerprint density at radius 2 is 1.72 bits per heavy atom. The summed E-state index contributed by atoms with van der Waals surface area (Å²) in [5.41, 5.74) is 1.09. The van der Waals surface area contributed by atoms with Crippen molar-refractivity contribution < 1.29 is 13.9 Å². The van der Waals surface area contributed by atoms with E-state index in [9.17, 15) is 9.18 Å². The second-order valence-corrected chi connectivity index (χ2v) is 9.50. The van der Waals surface area contributed by atoms with Crippen LogP contribution in [0.25, 0.3) is 0 Å². The van der Waals surface area contributed by atoms with Crippen LogP contribution in [-0.2, 0) is 10.2 Å². The Bertz CT molecular complexity index is 868. The number of nitrogens with zero attached hydrogens (tertiary/aromatic N) is 1. The molecule has 4 rings (SSSR count). The number of halogens is 1. The third-order valence-corrected chi connectivity index (χ3v) is 7.16. The van der Waals surface area contributed by atoms with Gasteiger partial charge in [0, 0.05) is 12.2 Å². The number of nitrogens with one attached hydrogen (secondary N) is 1. The van der Waals surface area contributed by atoms with Crippen LogP contribution >= 0.6 is 0 Å². The third-order valence-electron chi connectivity index (χ3n) is 7.16. The molecule has 0 aromatic heterocycles. The number of anilines is 1. The summed E-state index contributed by atoms with van der Waals surface area (Å²) in [4.78, 5) is 15.8. The molecular weight excluding hydrogens is 403 g/mol. The number of amides is 1. The van der Waals surface area contributed by atoms with Crippen LogP contribution < -0.4 is 10.1 Å². The van der Waals surface area contributed by atoms with Crippen molar-refractivity contribution in [1.29, 1.82) is 0 Å². The van der Waals surface area contributed by atoms with Crippen molar-refractivity contribution in [3.63, 3.8) is 0 Å². The van der Waals surface area contributed by atoms with E-state index < -0.39 is 5.41 Å². The summed E-state index contributed by atoms with van der Waals surface area (Å²) in [6, 6.07) is 14.0. The molecule has 32 heavy (non-hydrogen) atoms. The van der Waals surface area contributed by atoms with Gasteiger partial charge in [-0.25, -0.2) is 4.39 Å². The molecule has 1 saturated carbocycles. The molecule has 2 fully saturated rings. The number of piperidine rings is 1. The molecule has 0 unspecified atom stereocenters. The van der Waals surface area contributed by atoms with Crippen molar-refractivity contribution in [2.45, 2.75) is 57.3 Å². The van der Waals surface area contributed by atoms with Crippen LogP contribution in [0.3, 0.4) is 0 Å². The van der Waals surface area contributed by atoms with Gasteiger partial charge in [-0.2, -0.15) is 0 Å². The van der Waals surface area contributed by atoms with Crippen LogP contribution in [0.15, 0.2) is 48.5 Å². The molecule has 0 spiro atoms. The second-order valence-electron chi connectivity index (χ2n) is 9.50. The van der Waals surface area contributed by atoms with E-state index in [1.54, 1.807) is 12.1 Å². The Morgan fingerprint density at radius 3 is 2.38 bits per heavy atom. The lowest BCUT2D eigenvalue weighted by Crippen LogP contribution is -2.38. The molecule has 1 aliphatic heterocycles. The van der Waals surface area contributed by atoms with Crippen LogP contribution in [0.1, 0.15) is 57.4 Å². The average molecular weight is 439 g/mol. The molecule has 1 amide bonds. The maximum atomic E-state index is 13.4. The Balaban J connectivity index is 1.28. The number of hydrogen-bond donors (Lipinski definition) is 1. The first-order chi connectivity index (χ1) is 15.5. The van der Waals surface area contributed by atoms with Crippen LogP contribution in [0.4, 0.5) is 10.1 Å². The minimum Gasteiger partial charge on any atom is -0.494 e. The van der Waals surface area contributed by atoms with Crippen LogP contribution in [0.2, 0.25) is 0 Å². The number of hydrogen-bond acceptors (Lipinski definition) is 3. The Morgan fingerprint density at radius 1 is 1.06 bits per heavy atom. The van der Waals surface area contributed by atoms with Gasteiger partial charge in [0.25, 0.3) is 0 Å². The zero-order valence-corrected chi connectivity index (χ0v) is 19.1. The number of likely N-dealkylation sites (tertiary alicyclic amines) is 1. The highest BCUT2D eigenvalue weighted by atomic mass is 19.1. The molecule has 1 heterocycles. The number of benzene rings is 2. The van der Waals surface area contributed by atoms with Gasteiger partial charge in [0.1, 0.15) is 11.6 Å². The van der Waals surface area contributed by atoms with E-state index in [4.69, 9.17) is 4.74 Å². The van der Waals surface area contributed by atoms with E-state index >= 15 is 0 Å². The fraction of sp³-hybridized carbons (Fsp3) is 0.519. The lowest BCUT2D eigenvalue weighted by molar-refractivity contribution is -0.121. The number of rotatable bonds is 8. The zero-order valence-electron chi connectivity index (χ0n) is 19.1. The van der Waals surface area contributed by atoms with Crippen molar-refractivity contribution in [1.82, 2.24) is 4.90 Å². The van der Waals surface area contributed by atoms with Gasteiger partial charge < -0.3 is 15.0 Å². The highest BCUT2D eigenvalue weighted by Crippen LogP contribution is 2.42. The van der Waals surface area contributed by atoms with Gasteiger partial charge in [-0.15, -0.1) is 0 Å². The van der Waals surface area contributed by atoms with Gasteiger partial charge in [-0.3, -0.25) is 4.79 Å². The molecular formula is C27H35FN2O2. The van der Waals surface area contributed by atoms with Gasteiger partial charge in [-0.05, 0) is 93.1 Å². The van der Waals surface area contributed by atoms with Crippen molar-refractivity contribution in [3.05, 3.63) is 59.9 Å². The Kier molecular flexibility index (Phi) is 7.46. The highest BCUT2D eigenvalue weighted by Gasteiger charge is 2.42. The molecule has 0 radical (unpaired) electrons. The normalized spacial score (nSPS) is 19.1. The predicted molar refractivity (Wildman–Crippen MR) is 127 cm³/mol. The first kappa shape index (κ1) is 22.8. The summed E-state index contributed by atoms with van der Waals surface area (Å²) in [6.07, 6.45) is 7.23. The molecule has 2 aromatic carbocycles. The lowest BCUT2D eigenvalue weighted by atomic mass is 9.78. The summed E-state index contributed by atoms with van der Waals surface area (Å²) in [5, 5.41) is 3.08. The van der Waals surface area contributed by atoms with Crippen molar-refractivity contribution in [2.24, 2.45) is 5.92 Å². The molecule has 172 valence electrons. The fourth-order valence-corrected chi connectivity index (χ4v) is 5.04. The molecule has 1 N–H and O–H groups in total. The fourth-order valence-electron chi connectivity index (χ4n) is 5.04. The molecule has 1 saturated heterocycles. The van der Waals surface area contributed by atoms with Gasteiger partial charge in [0.2, 0.25) is 5.91 Å². The first-order valence-electron chi connectivity index (χ1n) is 12.1. The van der Waals surface area contributed by atoms with Crippen LogP contribution in [0.5, 0.6) is 5.75 Å². The topological polar surface area (TPSA) is 41.6 Å². The van der Waals surface area contributed by atoms with Gasteiger partial charge in [0.05, 0.1) is 12.0 Å². The predicted octanol–water partition coefficient (Wildman–Crippen LogP) is 5.78. The zero-order chi connectivity index (χ0) is 22.4. The maximum Gasteiger partial charge on any atom is 0.235 e. The van der Waals surface area contributed by atoms with E-state index in [2.05, 4.69) is 17.1 Å². The first-order valence-corrected chi connectivity index (χ1v) is 12.1. The smallest absolute Gasteiger partial charge is 0.235 e. The molecule has 4 nitrogen and oxygen atoms in total. The number of carbonyl (C=O) groups is 1. The summed E-state index contributed by atoms with van der Waals surface area (Å²) >= 11 is 0. The SMILES string of the molecule is CC1CCN(CCCOc2ccc(NC(=O)C3(c4ccc(F)cc4)CCCC3)cc2)CC1. The Labute approximate surface area is 191 Å². The van der Waals surface area contributed by atoms with E-state index in [1.807, 2.05) is 24.3 Å². The molecule has 1 aliphatic carbocycles. The minimum absolute atomic E-state index is 0.00822. The van der Waals surface area contributed by atoms with E-state index in [-0.39, 0.29) is 11.7 Å². The average Bonchev–Trinajstić information content (AvgIpc) is 3.31. The van der Waals surface area contributed by atoms with Gasteiger partial charge >= 0.3 is 0 Å². The van der Waals surface area contributed by atoms with E-state index in [0.717, 1.165) is 61.6 Å². The summed E-state index contributed by atoms with van der Waals surface area (Å²) in [6.45, 7) is 6.53. The van der Waals surface area contributed by atoms with Gasteiger partial charge in [0.15, 0.2) is 0 Å².